The van der Waals surface area contributed by atoms with E-state index < -0.39 is 6.36 Å². The fraction of sp³-hybridized carbons (Fsp3) is 0.375. The molecule has 84 valence electrons. The van der Waals surface area contributed by atoms with Gasteiger partial charge in [-0.25, -0.2) is 0 Å². The first-order chi connectivity index (χ1) is 6.83. The number of halogens is 4. The quantitative estimate of drug-likeness (QED) is 0.846. The number of aryl methyl sites for hydroxylation is 1. The maximum atomic E-state index is 12.0. The first kappa shape index (κ1) is 12.5. The molecule has 0 amide bonds. The van der Waals surface area contributed by atoms with Crippen LogP contribution in [0, 0.1) is 10.5 Å². The number of hydrogen-bond acceptors (Lipinski definition) is 3. The normalized spacial score (nSPS) is 11.6. The van der Waals surface area contributed by atoms with Crippen molar-refractivity contribution in [1.82, 2.24) is 4.98 Å². The fourth-order valence-corrected chi connectivity index (χ4v) is 1.89. The van der Waals surface area contributed by atoms with Crippen molar-refractivity contribution in [1.29, 1.82) is 0 Å². The van der Waals surface area contributed by atoms with E-state index in [4.69, 9.17) is 5.73 Å². The highest BCUT2D eigenvalue weighted by Gasteiger charge is 2.33. The minimum absolute atomic E-state index is 0.180. The molecule has 0 aliphatic carbocycles. The van der Waals surface area contributed by atoms with E-state index in [2.05, 4.69) is 9.72 Å². The molecule has 1 heterocycles. The Labute approximate surface area is 98.0 Å². The van der Waals surface area contributed by atoms with Crippen LogP contribution in [0.4, 0.5) is 13.2 Å². The molecule has 0 atom stereocenters. The highest BCUT2D eigenvalue weighted by atomic mass is 127. The predicted octanol–water partition coefficient (Wildman–Crippen LogP) is 2.35. The lowest BCUT2D eigenvalue weighted by Crippen LogP contribution is -2.19. The van der Waals surface area contributed by atoms with Crippen LogP contribution in [-0.2, 0) is 6.54 Å². The Morgan fingerprint density at radius 2 is 2.13 bits per heavy atom. The van der Waals surface area contributed by atoms with Gasteiger partial charge in [0.1, 0.15) is 0 Å². The standard InChI is InChI=1S/C8H8F3IN2O/c1-4-7(15-8(9,10)11)6(12)2-5(3-13)14-4/h2H,3,13H2,1H3. The van der Waals surface area contributed by atoms with Crippen molar-refractivity contribution in [3.05, 3.63) is 21.0 Å². The molecule has 7 heteroatoms. The molecule has 0 aliphatic rings. The Morgan fingerprint density at radius 1 is 1.53 bits per heavy atom. The molecule has 0 unspecified atom stereocenters. The van der Waals surface area contributed by atoms with Crippen LogP contribution >= 0.6 is 22.6 Å². The zero-order valence-corrected chi connectivity index (χ0v) is 9.89. The highest BCUT2D eigenvalue weighted by molar-refractivity contribution is 14.1. The van der Waals surface area contributed by atoms with E-state index >= 15 is 0 Å². The molecule has 15 heavy (non-hydrogen) atoms. The Hall–Kier alpha value is -0.570. The summed E-state index contributed by atoms with van der Waals surface area (Å²) in [5.74, 6) is -0.264. The van der Waals surface area contributed by atoms with Crippen LogP contribution in [0.15, 0.2) is 6.07 Å². The number of alkyl halides is 3. The predicted molar refractivity (Wildman–Crippen MR) is 56.3 cm³/mol. The van der Waals surface area contributed by atoms with Gasteiger partial charge in [0, 0.05) is 6.54 Å². The summed E-state index contributed by atoms with van der Waals surface area (Å²) in [6.45, 7) is 1.63. The molecule has 0 aromatic carbocycles. The first-order valence-corrected chi connectivity index (χ1v) is 5.03. The van der Waals surface area contributed by atoms with Crippen molar-refractivity contribution >= 4 is 22.6 Å². The molecular formula is C8H8F3IN2O. The molecule has 0 bridgehead atoms. The van der Waals surface area contributed by atoms with E-state index in [1.807, 2.05) is 0 Å². The van der Waals surface area contributed by atoms with Crippen LogP contribution < -0.4 is 10.5 Å². The highest BCUT2D eigenvalue weighted by Crippen LogP contribution is 2.30. The van der Waals surface area contributed by atoms with Crippen LogP contribution in [0.25, 0.3) is 0 Å². The molecular weight excluding hydrogens is 324 g/mol. The van der Waals surface area contributed by atoms with E-state index in [0.29, 0.717) is 9.26 Å². The average Bonchev–Trinajstić information content (AvgIpc) is 2.09. The van der Waals surface area contributed by atoms with E-state index in [9.17, 15) is 13.2 Å². The number of nitrogens with zero attached hydrogens (tertiary/aromatic N) is 1. The van der Waals surface area contributed by atoms with E-state index in [1.54, 1.807) is 22.6 Å². The van der Waals surface area contributed by atoms with Crippen molar-refractivity contribution in [2.75, 3.05) is 0 Å². The van der Waals surface area contributed by atoms with Gasteiger partial charge in [-0.1, -0.05) is 0 Å². The van der Waals surface area contributed by atoms with Crippen molar-refractivity contribution in [3.8, 4) is 5.75 Å². The lowest BCUT2D eigenvalue weighted by atomic mass is 10.3. The van der Waals surface area contributed by atoms with Gasteiger partial charge in [-0.15, -0.1) is 13.2 Å². The summed E-state index contributed by atoms with van der Waals surface area (Å²) in [5.41, 5.74) is 6.05. The molecule has 1 aromatic rings. The maximum absolute atomic E-state index is 12.0. The summed E-state index contributed by atoms with van der Waals surface area (Å²) >= 11 is 1.75. The zero-order chi connectivity index (χ0) is 11.6. The summed E-state index contributed by atoms with van der Waals surface area (Å²) in [4.78, 5) is 3.88. The molecule has 0 saturated carbocycles. The fourth-order valence-electron chi connectivity index (χ4n) is 1.03. The van der Waals surface area contributed by atoms with Crippen molar-refractivity contribution in [3.63, 3.8) is 0 Å². The van der Waals surface area contributed by atoms with Crippen LogP contribution in [0.3, 0.4) is 0 Å². The molecule has 0 saturated heterocycles. The van der Waals surface area contributed by atoms with E-state index in [1.165, 1.54) is 13.0 Å². The number of ether oxygens (including phenoxy) is 1. The van der Waals surface area contributed by atoms with Gasteiger partial charge in [-0.05, 0) is 35.6 Å². The Balaban J connectivity index is 3.09. The number of aromatic nitrogens is 1. The topological polar surface area (TPSA) is 48.1 Å². The lowest BCUT2D eigenvalue weighted by molar-refractivity contribution is -0.275. The lowest BCUT2D eigenvalue weighted by Gasteiger charge is -2.13. The SMILES string of the molecule is Cc1nc(CN)cc(I)c1OC(F)(F)F. The molecule has 1 aromatic heterocycles. The van der Waals surface area contributed by atoms with Gasteiger partial charge in [-0.3, -0.25) is 4.98 Å². The van der Waals surface area contributed by atoms with Crippen molar-refractivity contribution < 1.29 is 17.9 Å². The van der Waals surface area contributed by atoms with Gasteiger partial charge in [0.15, 0.2) is 5.75 Å². The molecule has 0 fully saturated rings. The third kappa shape index (κ3) is 3.49. The number of hydrogen-bond donors (Lipinski definition) is 1. The third-order valence-electron chi connectivity index (χ3n) is 1.58. The maximum Gasteiger partial charge on any atom is 0.573 e. The molecule has 1 rings (SSSR count). The molecule has 2 N–H and O–H groups in total. The summed E-state index contributed by atoms with van der Waals surface area (Å²) in [6.07, 6.45) is -4.70. The zero-order valence-electron chi connectivity index (χ0n) is 7.73. The van der Waals surface area contributed by atoms with Crippen molar-refractivity contribution in [2.45, 2.75) is 19.8 Å². The van der Waals surface area contributed by atoms with Gasteiger partial charge in [0.2, 0.25) is 0 Å². The van der Waals surface area contributed by atoms with E-state index in [0.717, 1.165) is 0 Å². The number of nitrogens with two attached hydrogens (primary N) is 1. The molecule has 0 spiro atoms. The largest absolute Gasteiger partial charge is 0.573 e. The van der Waals surface area contributed by atoms with Crippen LogP contribution in [-0.4, -0.2) is 11.3 Å². The Kier molecular flexibility index (Phi) is 3.77. The second kappa shape index (κ2) is 4.52. The summed E-state index contributed by atoms with van der Waals surface area (Å²) in [6, 6.07) is 1.47. The second-order valence-corrected chi connectivity index (χ2v) is 3.92. The minimum Gasteiger partial charge on any atom is -0.403 e. The average molecular weight is 332 g/mol. The van der Waals surface area contributed by atoms with Gasteiger partial charge in [-0.2, -0.15) is 0 Å². The number of rotatable bonds is 2. The van der Waals surface area contributed by atoms with Gasteiger partial charge >= 0.3 is 6.36 Å². The molecule has 0 radical (unpaired) electrons. The Morgan fingerprint density at radius 3 is 2.53 bits per heavy atom. The summed E-state index contributed by atoms with van der Waals surface area (Å²) in [7, 11) is 0. The summed E-state index contributed by atoms with van der Waals surface area (Å²) in [5, 5.41) is 0. The third-order valence-corrected chi connectivity index (χ3v) is 2.38. The van der Waals surface area contributed by atoms with Crippen LogP contribution in [0.2, 0.25) is 0 Å². The monoisotopic (exact) mass is 332 g/mol. The van der Waals surface area contributed by atoms with Crippen LogP contribution in [0.5, 0.6) is 5.75 Å². The smallest absolute Gasteiger partial charge is 0.403 e. The Bertz CT molecular complexity index is 344. The first-order valence-electron chi connectivity index (χ1n) is 3.95. The number of pyridine rings is 1. The van der Waals surface area contributed by atoms with Crippen molar-refractivity contribution in [2.24, 2.45) is 5.73 Å². The van der Waals surface area contributed by atoms with Gasteiger partial charge < -0.3 is 10.5 Å². The van der Waals surface area contributed by atoms with E-state index in [-0.39, 0.29) is 18.0 Å². The summed E-state index contributed by atoms with van der Waals surface area (Å²) < 4.78 is 40.2. The van der Waals surface area contributed by atoms with Gasteiger partial charge in [0.25, 0.3) is 0 Å². The van der Waals surface area contributed by atoms with Gasteiger partial charge in [0.05, 0.1) is 15.0 Å². The minimum atomic E-state index is -4.70. The molecule has 3 nitrogen and oxygen atoms in total. The van der Waals surface area contributed by atoms with Crippen LogP contribution in [0.1, 0.15) is 11.4 Å². The molecule has 0 aliphatic heterocycles. The second-order valence-electron chi connectivity index (χ2n) is 2.76.